The summed E-state index contributed by atoms with van der Waals surface area (Å²) in [7, 11) is -1.21. The number of hydrogen-bond acceptors (Lipinski definition) is 4. The van der Waals surface area contributed by atoms with Crippen LogP contribution in [0.5, 0.6) is 0 Å². The second-order valence-corrected chi connectivity index (χ2v) is 11.0. The predicted molar refractivity (Wildman–Crippen MR) is 141 cm³/mol. The number of nitrogens with zero attached hydrogens (tertiary/aromatic N) is 3. The van der Waals surface area contributed by atoms with Gasteiger partial charge in [-0.2, -0.15) is 12.7 Å². The first-order valence-corrected chi connectivity index (χ1v) is 13.4. The van der Waals surface area contributed by atoms with Crippen LogP contribution in [0.15, 0.2) is 48.5 Å². The van der Waals surface area contributed by atoms with Crippen LogP contribution in [0, 0.1) is 0 Å². The average Bonchev–Trinajstić information content (AvgIpc) is 2.82. The van der Waals surface area contributed by atoms with Gasteiger partial charge in [0.1, 0.15) is 12.6 Å². The fourth-order valence-electron chi connectivity index (χ4n) is 3.43. The van der Waals surface area contributed by atoms with Crippen molar-refractivity contribution >= 4 is 50.9 Å². The molecule has 0 radical (unpaired) electrons. The number of rotatable bonds is 12. The summed E-state index contributed by atoms with van der Waals surface area (Å²) in [4.78, 5) is 28.1. The van der Waals surface area contributed by atoms with Crippen molar-refractivity contribution in [1.29, 1.82) is 0 Å². The van der Waals surface area contributed by atoms with Crippen molar-refractivity contribution in [3.63, 3.8) is 0 Å². The Hall–Kier alpha value is -2.33. The highest BCUT2D eigenvalue weighted by Crippen LogP contribution is 2.25. The summed E-state index contributed by atoms with van der Waals surface area (Å²) < 4.78 is 28.3. The molecule has 0 aliphatic carbocycles. The molecule has 11 heteroatoms. The van der Waals surface area contributed by atoms with Crippen molar-refractivity contribution in [2.75, 3.05) is 31.5 Å². The molecule has 0 fully saturated rings. The van der Waals surface area contributed by atoms with Crippen LogP contribution in [0.3, 0.4) is 0 Å². The molecule has 0 spiro atoms. The number of nitrogens with one attached hydrogen (secondary N) is 1. The van der Waals surface area contributed by atoms with Gasteiger partial charge in [-0.1, -0.05) is 61.3 Å². The zero-order chi connectivity index (χ0) is 26.2. The maximum atomic E-state index is 13.7. The molecule has 2 aromatic rings. The van der Waals surface area contributed by atoms with Crippen LogP contribution in [0.4, 0.5) is 5.69 Å². The third kappa shape index (κ3) is 7.57. The van der Waals surface area contributed by atoms with E-state index in [1.54, 1.807) is 55.5 Å². The van der Waals surface area contributed by atoms with E-state index in [1.165, 1.54) is 19.0 Å². The third-order valence-corrected chi connectivity index (χ3v) is 7.76. The van der Waals surface area contributed by atoms with Gasteiger partial charge in [-0.05, 0) is 42.7 Å². The first-order chi connectivity index (χ1) is 16.5. The summed E-state index contributed by atoms with van der Waals surface area (Å²) in [6.45, 7) is 3.71. The third-order valence-electron chi connectivity index (χ3n) is 5.35. The normalized spacial score (nSPS) is 12.3. The van der Waals surface area contributed by atoms with Gasteiger partial charge in [0.05, 0.1) is 5.69 Å². The lowest BCUT2D eigenvalue weighted by atomic mass is 10.1. The standard InChI is InChI=1S/C24H32Cl2N4O4S/c1-5-14-27-24(32)22(6-2)29(16-18-12-13-19(25)15-21(18)26)23(31)17-30(35(33,34)28(3)4)20-10-8-7-9-11-20/h7-13,15,22H,5-6,14,16-17H2,1-4H3,(H,27,32). The zero-order valence-corrected chi connectivity index (χ0v) is 22.7. The molecule has 35 heavy (non-hydrogen) atoms. The van der Waals surface area contributed by atoms with E-state index in [-0.39, 0.29) is 12.5 Å². The van der Waals surface area contributed by atoms with Crippen LogP contribution in [0.25, 0.3) is 0 Å². The Morgan fingerprint density at radius 3 is 2.23 bits per heavy atom. The Balaban J connectivity index is 2.49. The largest absolute Gasteiger partial charge is 0.354 e. The fourth-order valence-corrected chi connectivity index (χ4v) is 4.95. The lowest BCUT2D eigenvalue weighted by Crippen LogP contribution is -2.53. The van der Waals surface area contributed by atoms with Crippen LogP contribution in [0.2, 0.25) is 10.0 Å². The Morgan fingerprint density at radius 1 is 1.03 bits per heavy atom. The van der Waals surface area contributed by atoms with Crippen LogP contribution in [-0.2, 0) is 26.3 Å². The van der Waals surface area contributed by atoms with Gasteiger partial charge in [-0.15, -0.1) is 0 Å². The molecule has 0 aromatic heterocycles. The minimum atomic E-state index is -4.00. The van der Waals surface area contributed by atoms with Crippen molar-refractivity contribution in [2.24, 2.45) is 0 Å². The molecule has 0 saturated carbocycles. The van der Waals surface area contributed by atoms with Gasteiger partial charge in [0.2, 0.25) is 11.8 Å². The van der Waals surface area contributed by atoms with E-state index in [0.29, 0.717) is 34.3 Å². The molecule has 1 atom stereocenters. The Labute approximate surface area is 218 Å². The number of benzene rings is 2. The number of amides is 2. The molecule has 2 rings (SSSR count). The smallest absolute Gasteiger partial charge is 0.304 e. The summed E-state index contributed by atoms with van der Waals surface area (Å²) >= 11 is 12.4. The molecule has 0 saturated heterocycles. The molecule has 1 N–H and O–H groups in total. The highest BCUT2D eigenvalue weighted by Gasteiger charge is 2.33. The second kappa shape index (κ2) is 13.1. The molecule has 1 unspecified atom stereocenters. The van der Waals surface area contributed by atoms with E-state index >= 15 is 0 Å². The highest BCUT2D eigenvalue weighted by atomic mass is 35.5. The Kier molecular flexibility index (Phi) is 10.8. The van der Waals surface area contributed by atoms with Crippen molar-refractivity contribution in [1.82, 2.24) is 14.5 Å². The first kappa shape index (κ1) is 28.9. The maximum Gasteiger partial charge on any atom is 0.304 e. The van der Waals surface area contributed by atoms with E-state index in [1.807, 2.05) is 6.92 Å². The summed E-state index contributed by atoms with van der Waals surface area (Å²) in [6.07, 6.45) is 1.07. The predicted octanol–water partition coefficient (Wildman–Crippen LogP) is 3.94. The Bertz CT molecular complexity index is 1110. The Morgan fingerprint density at radius 2 is 1.69 bits per heavy atom. The van der Waals surface area contributed by atoms with Crippen LogP contribution in [-0.4, -0.2) is 62.7 Å². The minimum Gasteiger partial charge on any atom is -0.354 e. The summed E-state index contributed by atoms with van der Waals surface area (Å²) in [5.41, 5.74) is 0.926. The maximum absolute atomic E-state index is 13.7. The lowest BCUT2D eigenvalue weighted by molar-refractivity contribution is -0.140. The van der Waals surface area contributed by atoms with Crippen molar-refractivity contribution in [2.45, 2.75) is 39.3 Å². The number of carbonyl (C=O) groups is 2. The van der Waals surface area contributed by atoms with E-state index in [4.69, 9.17) is 23.2 Å². The fraction of sp³-hybridized carbons (Fsp3) is 0.417. The van der Waals surface area contributed by atoms with E-state index < -0.39 is 28.7 Å². The summed E-state index contributed by atoms with van der Waals surface area (Å²) in [5.74, 6) is -0.849. The topological polar surface area (TPSA) is 90.0 Å². The number of para-hydroxylation sites is 1. The van der Waals surface area contributed by atoms with Crippen LogP contribution >= 0.6 is 23.2 Å². The minimum absolute atomic E-state index is 0.0114. The molecule has 2 amide bonds. The molecule has 0 aliphatic heterocycles. The van der Waals surface area contributed by atoms with Gasteiger partial charge < -0.3 is 10.2 Å². The lowest BCUT2D eigenvalue weighted by Gasteiger charge is -2.34. The van der Waals surface area contributed by atoms with E-state index in [9.17, 15) is 18.0 Å². The van der Waals surface area contributed by atoms with E-state index in [2.05, 4.69) is 5.32 Å². The molecule has 192 valence electrons. The molecule has 0 heterocycles. The average molecular weight is 544 g/mol. The molecule has 8 nitrogen and oxygen atoms in total. The highest BCUT2D eigenvalue weighted by molar-refractivity contribution is 7.90. The number of anilines is 1. The number of hydrogen-bond donors (Lipinski definition) is 1. The van der Waals surface area contributed by atoms with E-state index in [0.717, 1.165) is 15.0 Å². The van der Waals surface area contributed by atoms with Gasteiger partial charge in [0, 0.05) is 37.2 Å². The van der Waals surface area contributed by atoms with Crippen LogP contribution in [0.1, 0.15) is 32.3 Å². The van der Waals surface area contributed by atoms with Crippen molar-refractivity contribution in [3.05, 3.63) is 64.1 Å². The molecular weight excluding hydrogens is 511 g/mol. The molecule has 0 bridgehead atoms. The summed E-state index contributed by atoms with van der Waals surface area (Å²) in [5, 5.41) is 3.62. The van der Waals surface area contributed by atoms with Crippen molar-refractivity contribution < 1.29 is 18.0 Å². The van der Waals surface area contributed by atoms with Gasteiger partial charge in [-0.25, -0.2) is 4.31 Å². The SMILES string of the molecule is CCCNC(=O)C(CC)N(Cc1ccc(Cl)cc1Cl)C(=O)CN(c1ccccc1)S(=O)(=O)N(C)C. The van der Waals surface area contributed by atoms with Gasteiger partial charge in [0.15, 0.2) is 0 Å². The van der Waals surface area contributed by atoms with Gasteiger partial charge in [-0.3, -0.25) is 9.59 Å². The zero-order valence-electron chi connectivity index (χ0n) is 20.4. The first-order valence-electron chi connectivity index (χ1n) is 11.3. The molecular formula is C24H32Cl2N4O4S. The second-order valence-electron chi connectivity index (χ2n) is 8.10. The summed E-state index contributed by atoms with van der Waals surface area (Å²) in [6, 6.07) is 12.4. The van der Waals surface area contributed by atoms with Gasteiger partial charge >= 0.3 is 10.2 Å². The molecule has 2 aromatic carbocycles. The van der Waals surface area contributed by atoms with Gasteiger partial charge in [0.25, 0.3) is 0 Å². The number of halogens is 2. The molecule has 0 aliphatic rings. The van der Waals surface area contributed by atoms with Crippen LogP contribution < -0.4 is 9.62 Å². The van der Waals surface area contributed by atoms with Crippen molar-refractivity contribution in [3.8, 4) is 0 Å². The quantitative estimate of drug-likeness (QED) is 0.439. The number of carbonyl (C=O) groups excluding carboxylic acids is 2. The monoisotopic (exact) mass is 542 g/mol.